The van der Waals surface area contributed by atoms with Crippen molar-refractivity contribution in [3.05, 3.63) is 18.3 Å². The highest BCUT2D eigenvalue weighted by atomic mass is 15.2. The van der Waals surface area contributed by atoms with Crippen molar-refractivity contribution in [2.45, 2.75) is 13.0 Å². The first kappa shape index (κ1) is 10.5. The monoisotopic (exact) mass is 231 g/mol. The predicted octanol–water partition coefficient (Wildman–Crippen LogP) is 0.965. The fraction of sp³-hybridized carbons (Fsp3) is 0.500. The number of pyridine rings is 1. The van der Waals surface area contributed by atoms with Crippen LogP contribution in [0.2, 0.25) is 0 Å². The number of nitrogens with zero attached hydrogens (tertiary/aromatic N) is 4. The molecule has 1 aliphatic heterocycles. The van der Waals surface area contributed by atoms with Crippen LogP contribution in [0.4, 0.5) is 5.95 Å². The van der Waals surface area contributed by atoms with Crippen LogP contribution in [0.25, 0.3) is 11.2 Å². The molecule has 0 amide bonds. The lowest BCUT2D eigenvalue weighted by Gasteiger charge is -2.12. The molecule has 90 valence electrons. The molecule has 5 nitrogen and oxygen atoms in total. The van der Waals surface area contributed by atoms with Crippen LogP contribution in [0.15, 0.2) is 18.3 Å². The molecule has 3 rings (SSSR count). The normalized spacial score (nSPS) is 21.4. The summed E-state index contributed by atoms with van der Waals surface area (Å²) in [5.74, 6) is 1.23. The molecule has 1 fully saturated rings. The first-order valence-electron chi connectivity index (χ1n) is 5.99. The van der Waals surface area contributed by atoms with Crippen LogP contribution in [0.3, 0.4) is 0 Å². The molecule has 3 heterocycles. The molecule has 2 aromatic rings. The molecule has 0 bridgehead atoms. The molecule has 2 aromatic heterocycles. The van der Waals surface area contributed by atoms with E-state index in [1.54, 1.807) is 6.20 Å². The van der Waals surface area contributed by atoms with Crippen molar-refractivity contribution in [3.8, 4) is 0 Å². The molecule has 17 heavy (non-hydrogen) atoms. The number of aromatic nitrogens is 3. The number of likely N-dealkylation sites (tertiary alicyclic amines) is 1. The van der Waals surface area contributed by atoms with Gasteiger partial charge in [-0.3, -0.25) is 4.57 Å². The van der Waals surface area contributed by atoms with E-state index in [2.05, 4.69) is 21.9 Å². The van der Waals surface area contributed by atoms with Gasteiger partial charge in [0, 0.05) is 19.3 Å². The van der Waals surface area contributed by atoms with E-state index in [1.807, 2.05) is 16.7 Å². The quantitative estimate of drug-likeness (QED) is 0.836. The minimum absolute atomic E-state index is 0.577. The molecule has 1 saturated heterocycles. The maximum atomic E-state index is 5.96. The Balaban J connectivity index is 1.91. The number of fused-ring (bicyclic) bond motifs is 1. The van der Waals surface area contributed by atoms with Crippen molar-refractivity contribution >= 4 is 17.1 Å². The summed E-state index contributed by atoms with van der Waals surface area (Å²) in [5.41, 5.74) is 7.75. The van der Waals surface area contributed by atoms with Gasteiger partial charge in [-0.2, -0.15) is 0 Å². The van der Waals surface area contributed by atoms with E-state index in [4.69, 9.17) is 5.73 Å². The molecule has 1 aliphatic rings. The Labute approximate surface area is 100 Å². The zero-order valence-corrected chi connectivity index (χ0v) is 10.0. The average Bonchev–Trinajstić information content (AvgIpc) is 2.85. The van der Waals surface area contributed by atoms with Gasteiger partial charge in [-0.15, -0.1) is 0 Å². The maximum Gasteiger partial charge on any atom is 0.202 e. The van der Waals surface area contributed by atoms with Crippen LogP contribution < -0.4 is 5.73 Å². The van der Waals surface area contributed by atoms with Crippen LogP contribution in [0, 0.1) is 5.92 Å². The van der Waals surface area contributed by atoms with Gasteiger partial charge in [0.25, 0.3) is 0 Å². The average molecular weight is 231 g/mol. The smallest absolute Gasteiger partial charge is 0.202 e. The number of anilines is 1. The maximum absolute atomic E-state index is 5.96. The summed E-state index contributed by atoms with van der Waals surface area (Å²) >= 11 is 0. The van der Waals surface area contributed by atoms with Gasteiger partial charge >= 0.3 is 0 Å². The Kier molecular flexibility index (Phi) is 2.48. The number of nitrogens with two attached hydrogens (primary N) is 1. The fourth-order valence-electron chi connectivity index (χ4n) is 2.59. The third kappa shape index (κ3) is 1.86. The summed E-state index contributed by atoms with van der Waals surface area (Å²) in [5, 5.41) is 0. The SMILES string of the molecule is CN1CCC(Cn2c(N)nc3cccnc32)C1. The number of nitrogen functional groups attached to an aromatic ring is 1. The van der Waals surface area contributed by atoms with E-state index in [0.717, 1.165) is 24.3 Å². The van der Waals surface area contributed by atoms with Gasteiger partial charge in [0.1, 0.15) is 5.52 Å². The first-order valence-corrected chi connectivity index (χ1v) is 5.99. The summed E-state index contributed by atoms with van der Waals surface area (Å²) in [6.07, 6.45) is 3.02. The van der Waals surface area contributed by atoms with Crippen LogP contribution in [-0.2, 0) is 6.54 Å². The van der Waals surface area contributed by atoms with Gasteiger partial charge < -0.3 is 10.6 Å². The second kappa shape index (κ2) is 4.00. The van der Waals surface area contributed by atoms with Gasteiger partial charge in [-0.05, 0) is 38.1 Å². The highest BCUT2D eigenvalue weighted by Crippen LogP contribution is 2.21. The van der Waals surface area contributed by atoms with Gasteiger partial charge in [0.15, 0.2) is 5.65 Å². The number of hydrogen-bond donors (Lipinski definition) is 1. The minimum Gasteiger partial charge on any atom is -0.369 e. The minimum atomic E-state index is 0.577. The Morgan fingerprint density at radius 3 is 3.18 bits per heavy atom. The largest absolute Gasteiger partial charge is 0.369 e. The lowest BCUT2D eigenvalue weighted by molar-refractivity contribution is 0.380. The van der Waals surface area contributed by atoms with E-state index in [-0.39, 0.29) is 0 Å². The van der Waals surface area contributed by atoms with Crippen molar-refractivity contribution in [2.75, 3.05) is 25.9 Å². The van der Waals surface area contributed by atoms with Gasteiger partial charge in [0.2, 0.25) is 5.95 Å². The zero-order valence-electron chi connectivity index (χ0n) is 10.0. The van der Waals surface area contributed by atoms with E-state index in [0.29, 0.717) is 11.9 Å². The predicted molar refractivity (Wildman–Crippen MR) is 67.5 cm³/mol. The first-order chi connectivity index (χ1) is 8.24. The van der Waals surface area contributed by atoms with Crippen LogP contribution >= 0.6 is 0 Å². The number of rotatable bonds is 2. The molecule has 0 aliphatic carbocycles. The van der Waals surface area contributed by atoms with Gasteiger partial charge in [-0.1, -0.05) is 0 Å². The Bertz CT molecular complexity index is 533. The molecule has 5 heteroatoms. The molecule has 2 N–H and O–H groups in total. The number of hydrogen-bond acceptors (Lipinski definition) is 4. The highest BCUT2D eigenvalue weighted by molar-refractivity contribution is 5.73. The third-order valence-corrected chi connectivity index (χ3v) is 3.46. The summed E-state index contributed by atoms with van der Waals surface area (Å²) in [6.45, 7) is 3.22. The lowest BCUT2D eigenvalue weighted by atomic mass is 10.1. The van der Waals surface area contributed by atoms with Crippen molar-refractivity contribution in [3.63, 3.8) is 0 Å². The van der Waals surface area contributed by atoms with E-state index < -0.39 is 0 Å². The molecule has 0 saturated carbocycles. The second-order valence-electron chi connectivity index (χ2n) is 4.84. The molecular weight excluding hydrogens is 214 g/mol. The van der Waals surface area contributed by atoms with Crippen LogP contribution in [0.1, 0.15) is 6.42 Å². The van der Waals surface area contributed by atoms with E-state index in [9.17, 15) is 0 Å². The van der Waals surface area contributed by atoms with Crippen molar-refractivity contribution < 1.29 is 0 Å². The van der Waals surface area contributed by atoms with Crippen molar-refractivity contribution in [1.29, 1.82) is 0 Å². The Morgan fingerprint density at radius 2 is 2.41 bits per heavy atom. The van der Waals surface area contributed by atoms with Gasteiger partial charge in [0.05, 0.1) is 0 Å². The molecular formula is C12H17N5. The zero-order chi connectivity index (χ0) is 11.8. The summed E-state index contributed by atoms with van der Waals surface area (Å²) < 4.78 is 2.04. The Morgan fingerprint density at radius 1 is 1.53 bits per heavy atom. The molecule has 0 aromatic carbocycles. The third-order valence-electron chi connectivity index (χ3n) is 3.46. The summed E-state index contributed by atoms with van der Waals surface area (Å²) in [6, 6.07) is 3.85. The van der Waals surface area contributed by atoms with Crippen LogP contribution in [0.5, 0.6) is 0 Å². The van der Waals surface area contributed by atoms with Gasteiger partial charge in [-0.25, -0.2) is 9.97 Å². The number of imidazole rings is 1. The molecule has 0 spiro atoms. The lowest BCUT2D eigenvalue weighted by Crippen LogP contribution is -2.18. The summed E-state index contributed by atoms with van der Waals surface area (Å²) in [4.78, 5) is 11.1. The second-order valence-corrected chi connectivity index (χ2v) is 4.84. The fourth-order valence-corrected chi connectivity index (χ4v) is 2.59. The molecule has 1 atom stereocenters. The van der Waals surface area contributed by atoms with Crippen LogP contribution in [-0.4, -0.2) is 39.6 Å². The Hall–Kier alpha value is -1.62. The standard InChI is InChI=1S/C12H17N5/c1-16-6-4-9(7-16)8-17-11-10(15-12(17)13)3-2-5-14-11/h2-3,5,9H,4,6-8H2,1H3,(H2,13,15). The topological polar surface area (TPSA) is 60.0 Å². The van der Waals surface area contributed by atoms with Crippen molar-refractivity contribution in [1.82, 2.24) is 19.4 Å². The van der Waals surface area contributed by atoms with E-state index >= 15 is 0 Å². The summed E-state index contributed by atoms with van der Waals surface area (Å²) in [7, 11) is 2.16. The molecule has 0 radical (unpaired) electrons. The van der Waals surface area contributed by atoms with Crippen molar-refractivity contribution in [2.24, 2.45) is 5.92 Å². The highest BCUT2D eigenvalue weighted by Gasteiger charge is 2.21. The van der Waals surface area contributed by atoms with E-state index in [1.165, 1.54) is 13.0 Å². The molecule has 1 unspecified atom stereocenters.